The van der Waals surface area contributed by atoms with Crippen molar-refractivity contribution in [1.82, 2.24) is 5.32 Å². The molecular weight excluding hydrogens is 310 g/mol. The fourth-order valence-electron chi connectivity index (χ4n) is 2.10. The molecule has 0 radical (unpaired) electrons. The minimum Gasteiger partial charge on any atom is -0.507 e. The van der Waals surface area contributed by atoms with E-state index >= 15 is 0 Å². The van der Waals surface area contributed by atoms with Gasteiger partial charge in [0.2, 0.25) is 0 Å². The molecule has 0 aliphatic rings. The highest BCUT2D eigenvalue weighted by Gasteiger charge is 2.09. The van der Waals surface area contributed by atoms with Gasteiger partial charge in [0.1, 0.15) is 17.4 Å². The summed E-state index contributed by atoms with van der Waals surface area (Å²) < 4.78 is 0. The Morgan fingerprint density at radius 2 is 1.88 bits per heavy atom. The molecule has 0 aliphatic carbocycles. The molecule has 7 nitrogen and oxygen atoms in total. The fraction of sp³-hybridized carbons (Fsp3) is 0.118. The normalized spacial score (nSPS) is 10.9. The smallest absolute Gasteiger partial charge is 0.305 e. The zero-order valence-electron chi connectivity index (χ0n) is 12.6. The number of phenolic OH excluding ortho intramolecular Hbond substituents is 1. The van der Waals surface area contributed by atoms with Gasteiger partial charge in [-0.15, -0.1) is 0 Å². The number of benzene rings is 2. The second-order valence-electron chi connectivity index (χ2n) is 4.89. The maximum absolute atomic E-state index is 11.8. The molecule has 4 N–H and O–H groups in total. The van der Waals surface area contributed by atoms with Crippen LogP contribution in [0.3, 0.4) is 0 Å². The Morgan fingerprint density at radius 3 is 2.58 bits per heavy atom. The predicted molar refractivity (Wildman–Crippen MR) is 88.2 cm³/mol. The number of nitrogens with one attached hydrogen (secondary N) is 2. The van der Waals surface area contributed by atoms with Gasteiger partial charge >= 0.3 is 5.97 Å². The van der Waals surface area contributed by atoms with Crippen molar-refractivity contribution >= 4 is 28.3 Å². The van der Waals surface area contributed by atoms with E-state index in [1.54, 1.807) is 42.5 Å². The van der Waals surface area contributed by atoms with Crippen molar-refractivity contribution in [1.29, 1.82) is 5.26 Å². The summed E-state index contributed by atoms with van der Waals surface area (Å²) in [6, 6.07) is 12.0. The van der Waals surface area contributed by atoms with Crippen LogP contribution in [0.2, 0.25) is 0 Å². The van der Waals surface area contributed by atoms with E-state index < -0.39 is 11.9 Å². The highest BCUT2D eigenvalue weighted by Crippen LogP contribution is 2.29. The minimum atomic E-state index is -1.04. The maximum Gasteiger partial charge on any atom is 0.305 e. The summed E-state index contributed by atoms with van der Waals surface area (Å²) in [5.41, 5.74) is 0.437. The van der Waals surface area contributed by atoms with Crippen molar-refractivity contribution in [2.24, 2.45) is 0 Å². The topological polar surface area (TPSA) is 122 Å². The largest absolute Gasteiger partial charge is 0.507 e. The molecule has 0 saturated heterocycles. The van der Waals surface area contributed by atoms with Gasteiger partial charge in [-0.2, -0.15) is 5.26 Å². The second-order valence-corrected chi connectivity index (χ2v) is 4.89. The van der Waals surface area contributed by atoms with Crippen LogP contribution in [-0.2, 0) is 9.59 Å². The van der Waals surface area contributed by atoms with Crippen molar-refractivity contribution < 1.29 is 19.8 Å². The van der Waals surface area contributed by atoms with Gasteiger partial charge in [-0.25, -0.2) is 0 Å². The zero-order valence-corrected chi connectivity index (χ0v) is 12.6. The summed E-state index contributed by atoms with van der Waals surface area (Å²) in [6.07, 6.45) is 1.02. The highest BCUT2D eigenvalue weighted by atomic mass is 16.4. The Balaban J connectivity index is 2.16. The summed E-state index contributed by atoms with van der Waals surface area (Å²) in [6.45, 7) is -0.0602. The van der Waals surface area contributed by atoms with Crippen LogP contribution < -0.4 is 10.6 Å². The third-order valence-corrected chi connectivity index (χ3v) is 3.26. The van der Waals surface area contributed by atoms with E-state index in [1.807, 2.05) is 0 Å². The molecule has 2 aromatic carbocycles. The zero-order chi connectivity index (χ0) is 17.5. The van der Waals surface area contributed by atoms with Gasteiger partial charge in [0, 0.05) is 29.2 Å². The molecule has 122 valence electrons. The SMILES string of the molecule is N#C/C(=C/Nc1cccc2c(O)cccc12)C(=O)NCCC(=O)O. The van der Waals surface area contributed by atoms with Gasteiger partial charge < -0.3 is 20.8 Å². The van der Waals surface area contributed by atoms with E-state index in [-0.39, 0.29) is 24.3 Å². The lowest BCUT2D eigenvalue weighted by molar-refractivity contribution is -0.136. The van der Waals surface area contributed by atoms with Crippen LogP contribution in [0.5, 0.6) is 5.75 Å². The van der Waals surface area contributed by atoms with E-state index in [2.05, 4.69) is 10.6 Å². The molecule has 1 amide bonds. The number of carbonyl (C=O) groups is 2. The van der Waals surface area contributed by atoms with E-state index in [9.17, 15) is 14.7 Å². The standard InChI is InChI=1S/C17H15N3O4/c18-9-11(17(24)19-8-7-16(22)23)10-20-14-5-1-4-13-12(14)3-2-6-15(13)21/h1-6,10,20-21H,7-8H2,(H,19,24)(H,22,23)/b11-10-. The molecule has 0 aliphatic heterocycles. The number of rotatable bonds is 6. The molecule has 0 unspecified atom stereocenters. The summed E-state index contributed by atoms with van der Waals surface area (Å²) >= 11 is 0. The number of carboxylic acid groups (broad SMARTS) is 1. The van der Waals surface area contributed by atoms with Crippen LogP contribution in [0.4, 0.5) is 5.69 Å². The van der Waals surface area contributed by atoms with Gasteiger partial charge in [-0.05, 0) is 12.1 Å². The molecule has 2 rings (SSSR count). The molecule has 0 saturated carbocycles. The Kier molecular flexibility index (Phi) is 5.36. The second kappa shape index (κ2) is 7.65. The van der Waals surface area contributed by atoms with Gasteiger partial charge in [-0.1, -0.05) is 24.3 Å². The van der Waals surface area contributed by atoms with Crippen LogP contribution in [0.15, 0.2) is 48.2 Å². The van der Waals surface area contributed by atoms with Gasteiger partial charge in [0.05, 0.1) is 6.42 Å². The van der Waals surface area contributed by atoms with Crippen molar-refractivity contribution in [3.05, 3.63) is 48.2 Å². The third kappa shape index (κ3) is 4.01. The number of hydrogen-bond donors (Lipinski definition) is 4. The number of carbonyl (C=O) groups excluding carboxylic acids is 1. The lowest BCUT2D eigenvalue weighted by Crippen LogP contribution is -2.27. The predicted octanol–water partition coefficient (Wildman–Crippen LogP) is 1.96. The summed E-state index contributed by atoms with van der Waals surface area (Å²) in [4.78, 5) is 22.2. The first-order valence-corrected chi connectivity index (χ1v) is 7.10. The molecule has 7 heteroatoms. The monoisotopic (exact) mass is 325 g/mol. The van der Waals surface area contributed by atoms with Crippen LogP contribution in [0.25, 0.3) is 10.8 Å². The van der Waals surface area contributed by atoms with Crippen molar-refractivity contribution in [3.8, 4) is 11.8 Å². The maximum atomic E-state index is 11.8. The fourth-order valence-corrected chi connectivity index (χ4v) is 2.10. The average molecular weight is 325 g/mol. The Morgan fingerprint density at radius 1 is 1.17 bits per heavy atom. The lowest BCUT2D eigenvalue weighted by atomic mass is 10.1. The quantitative estimate of drug-likeness (QED) is 0.475. The summed E-state index contributed by atoms with van der Waals surface area (Å²) in [5, 5.41) is 34.0. The Labute approximate surface area is 137 Å². The number of amides is 1. The first kappa shape index (κ1) is 16.8. The van der Waals surface area contributed by atoms with Gasteiger partial charge in [0.25, 0.3) is 5.91 Å². The van der Waals surface area contributed by atoms with E-state index in [1.165, 1.54) is 6.20 Å². The van der Waals surface area contributed by atoms with E-state index in [0.717, 1.165) is 5.39 Å². The molecule has 0 atom stereocenters. The molecule has 24 heavy (non-hydrogen) atoms. The lowest BCUT2D eigenvalue weighted by Gasteiger charge is -2.08. The van der Waals surface area contributed by atoms with E-state index in [4.69, 9.17) is 10.4 Å². The first-order valence-electron chi connectivity index (χ1n) is 7.10. The molecule has 0 bridgehead atoms. The molecule has 0 spiro atoms. The Bertz CT molecular complexity index is 853. The van der Waals surface area contributed by atoms with Crippen molar-refractivity contribution in [2.45, 2.75) is 6.42 Å². The molecule has 0 aromatic heterocycles. The minimum absolute atomic E-state index is 0.0602. The van der Waals surface area contributed by atoms with Crippen LogP contribution in [-0.4, -0.2) is 28.6 Å². The number of nitrogens with zero attached hydrogens (tertiary/aromatic N) is 1. The van der Waals surface area contributed by atoms with Gasteiger partial charge in [0.15, 0.2) is 0 Å². The first-order chi connectivity index (χ1) is 11.5. The van der Waals surface area contributed by atoms with Gasteiger partial charge in [-0.3, -0.25) is 9.59 Å². The number of phenols is 1. The summed E-state index contributed by atoms with van der Waals surface area (Å²) in [7, 11) is 0. The number of nitriles is 1. The third-order valence-electron chi connectivity index (χ3n) is 3.26. The van der Waals surface area contributed by atoms with E-state index in [0.29, 0.717) is 11.1 Å². The number of aliphatic carboxylic acids is 1. The van der Waals surface area contributed by atoms with Crippen LogP contribution >= 0.6 is 0 Å². The molecule has 0 fully saturated rings. The average Bonchev–Trinajstić information content (AvgIpc) is 2.55. The van der Waals surface area contributed by atoms with Crippen LogP contribution in [0.1, 0.15) is 6.42 Å². The van der Waals surface area contributed by atoms with Crippen LogP contribution in [0, 0.1) is 11.3 Å². The highest BCUT2D eigenvalue weighted by molar-refractivity contribution is 6.00. The van der Waals surface area contributed by atoms with Crippen molar-refractivity contribution in [3.63, 3.8) is 0 Å². The number of aromatic hydroxyl groups is 1. The Hall–Kier alpha value is -3.53. The molecular formula is C17H15N3O4. The molecule has 2 aromatic rings. The number of fused-ring (bicyclic) bond motifs is 1. The van der Waals surface area contributed by atoms with Crippen molar-refractivity contribution in [2.75, 3.05) is 11.9 Å². The summed E-state index contributed by atoms with van der Waals surface area (Å²) in [5.74, 6) is -1.56. The number of anilines is 1. The number of carboxylic acids is 1. The molecule has 0 heterocycles. The number of hydrogen-bond acceptors (Lipinski definition) is 5.